The molecule has 2 N–H and O–H groups in total. The average Bonchev–Trinajstić information content (AvgIpc) is 3.29. The fourth-order valence-corrected chi connectivity index (χ4v) is 5.31. The number of hydrogen-bond acceptors (Lipinski definition) is 7. The van der Waals surface area contributed by atoms with Crippen molar-refractivity contribution in [2.75, 3.05) is 38.1 Å². The van der Waals surface area contributed by atoms with E-state index in [0.717, 1.165) is 17.2 Å². The minimum Gasteiger partial charge on any atom is -0.478 e. The van der Waals surface area contributed by atoms with Crippen LogP contribution in [0.15, 0.2) is 84.1 Å². The van der Waals surface area contributed by atoms with Crippen molar-refractivity contribution >= 4 is 39.6 Å². The largest absolute Gasteiger partial charge is 0.478 e. The number of carboxylic acids is 2. The molecule has 0 aliphatic carbocycles. The Bertz CT molecular complexity index is 2000. The van der Waals surface area contributed by atoms with Crippen molar-refractivity contribution in [2.45, 2.75) is 6.18 Å². The Morgan fingerprint density at radius 2 is 1.59 bits per heavy atom. The minimum absolute atomic E-state index is 0.132. The van der Waals surface area contributed by atoms with E-state index in [1.54, 1.807) is 36.6 Å². The van der Waals surface area contributed by atoms with Crippen molar-refractivity contribution in [1.82, 2.24) is 24.0 Å². The molecule has 0 radical (unpaired) electrons. The molecule has 2 aromatic carbocycles. The molecule has 1 aliphatic rings. The van der Waals surface area contributed by atoms with Crippen LogP contribution in [0.3, 0.4) is 0 Å². The van der Waals surface area contributed by atoms with Gasteiger partial charge in [0.15, 0.2) is 0 Å². The Hall–Kier alpha value is -5.50. The summed E-state index contributed by atoms with van der Waals surface area (Å²) in [6.07, 6.45) is 1.54. The number of likely N-dealkylation sites (N-methyl/N-ethyl adjacent to an activating group) is 1. The SMILES string of the molecule is CN1CCN(c2ccc(-n3c(=O)n(C)c4cnc5ccc(-c6cccnc6)cc5c43)cc2C(F)(F)F)CC1.O=C(O)/C=C\C(=O)O. The third kappa shape index (κ3) is 6.61. The monoisotopic (exact) mass is 634 g/mol. The first kappa shape index (κ1) is 31.9. The van der Waals surface area contributed by atoms with E-state index in [4.69, 9.17) is 10.2 Å². The number of fused-ring (bicyclic) bond motifs is 3. The molecule has 0 atom stereocenters. The van der Waals surface area contributed by atoms with Gasteiger partial charge in [-0.3, -0.25) is 19.1 Å². The molecule has 6 rings (SSSR count). The molecule has 238 valence electrons. The molecule has 0 saturated carbocycles. The molecule has 0 spiro atoms. The van der Waals surface area contributed by atoms with E-state index < -0.39 is 29.4 Å². The molecule has 1 aliphatic heterocycles. The summed E-state index contributed by atoms with van der Waals surface area (Å²) in [6, 6.07) is 13.6. The maximum Gasteiger partial charge on any atom is 0.418 e. The maximum atomic E-state index is 14.3. The Labute approximate surface area is 260 Å². The number of rotatable bonds is 5. The predicted molar refractivity (Wildman–Crippen MR) is 166 cm³/mol. The number of aliphatic carboxylic acids is 2. The van der Waals surface area contributed by atoms with Crippen LogP contribution in [0.5, 0.6) is 0 Å². The van der Waals surface area contributed by atoms with Crippen LogP contribution >= 0.6 is 0 Å². The summed E-state index contributed by atoms with van der Waals surface area (Å²) >= 11 is 0. The highest BCUT2D eigenvalue weighted by molar-refractivity contribution is 6.04. The van der Waals surface area contributed by atoms with Gasteiger partial charge in [-0.05, 0) is 49.0 Å². The van der Waals surface area contributed by atoms with Crippen LogP contribution in [0.2, 0.25) is 0 Å². The Balaban J connectivity index is 0.000000463. The summed E-state index contributed by atoms with van der Waals surface area (Å²) < 4.78 is 45.8. The van der Waals surface area contributed by atoms with E-state index in [9.17, 15) is 27.6 Å². The van der Waals surface area contributed by atoms with Crippen LogP contribution in [0.4, 0.5) is 18.9 Å². The Kier molecular flexibility index (Phi) is 8.91. The minimum atomic E-state index is -4.58. The number of alkyl halides is 3. The second-order valence-electron chi connectivity index (χ2n) is 10.6. The number of piperazine rings is 1. The van der Waals surface area contributed by atoms with Crippen molar-refractivity contribution in [3.63, 3.8) is 0 Å². The van der Waals surface area contributed by atoms with Crippen molar-refractivity contribution in [2.24, 2.45) is 7.05 Å². The number of carboxylic acid groups (broad SMARTS) is 2. The van der Waals surface area contributed by atoms with Crippen LogP contribution in [-0.2, 0) is 22.8 Å². The highest BCUT2D eigenvalue weighted by Gasteiger charge is 2.36. The maximum absolute atomic E-state index is 14.3. The summed E-state index contributed by atoms with van der Waals surface area (Å²) in [4.78, 5) is 45.1. The summed E-state index contributed by atoms with van der Waals surface area (Å²) in [5.41, 5.74) is 2.51. The van der Waals surface area contributed by atoms with E-state index in [2.05, 4.69) is 14.9 Å². The van der Waals surface area contributed by atoms with E-state index in [1.165, 1.54) is 15.2 Å². The Morgan fingerprint density at radius 3 is 2.20 bits per heavy atom. The molecule has 0 amide bonds. The fraction of sp³-hybridized carbons (Fsp3) is 0.219. The molecule has 1 saturated heterocycles. The van der Waals surface area contributed by atoms with Crippen LogP contribution in [-0.4, -0.2) is 79.4 Å². The molecule has 14 heteroatoms. The van der Waals surface area contributed by atoms with Crippen molar-refractivity contribution in [3.8, 4) is 16.8 Å². The van der Waals surface area contributed by atoms with Crippen LogP contribution in [0, 0.1) is 0 Å². The van der Waals surface area contributed by atoms with E-state index >= 15 is 0 Å². The summed E-state index contributed by atoms with van der Waals surface area (Å²) in [6.45, 7) is 2.36. The highest BCUT2D eigenvalue weighted by Crippen LogP contribution is 2.39. The number of aromatic nitrogens is 4. The topological polar surface area (TPSA) is 134 Å². The lowest BCUT2D eigenvalue weighted by Crippen LogP contribution is -2.45. The van der Waals surface area contributed by atoms with E-state index in [1.807, 2.05) is 37.4 Å². The number of halogens is 3. The molecule has 0 unspecified atom stereocenters. The quantitative estimate of drug-likeness (QED) is 0.270. The van der Waals surface area contributed by atoms with E-state index in [0.29, 0.717) is 60.3 Å². The first-order chi connectivity index (χ1) is 21.8. The summed E-state index contributed by atoms with van der Waals surface area (Å²) in [5.74, 6) is -2.51. The number of pyridine rings is 2. The average molecular weight is 635 g/mol. The number of anilines is 1. The molecule has 3 aromatic heterocycles. The summed E-state index contributed by atoms with van der Waals surface area (Å²) in [5, 5.41) is 16.3. The second kappa shape index (κ2) is 12.9. The van der Waals surface area contributed by atoms with Gasteiger partial charge in [-0.15, -0.1) is 0 Å². The van der Waals surface area contributed by atoms with Gasteiger partial charge in [-0.25, -0.2) is 14.4 Å². The lowest BCUT2D eigenvalue weighted by molar-refractivity contribution is -0.137. The third-order valence-corrected chi connectivity index (χ3v) is 7.63. The van der Waals surface area contributed by atoms with E-state index in [-0.39, 0.29) is 11.4 Å². The van der Waals surface area contributed by atoms with Gasteiger partial charge >= 0.3 is 23.8 Å². The molecular formula is C32H29F3N6O5. The molecule has 1 fully saturated rings. The van der Waals surface area contributed by atoms with Gasteiger partial charge in [0.1, 0.15) is 0 Å². The van der Waals surface area contributed by atoms with Gasteiger partial charge in [-0.1, -0.05) is 12.1 Å². The van der Waals surface area contributed by atoms with Gasteiger partial charge in [0.2, 0.25) is 0 Å². The van der Waals surface area contributed by atoms with Gasteiger partial charge in [0.25, 0.3) is 0 Å². The van der Waals surface area contributed by atoms with Crippen LogP contribution < -0.4 is 10.6 Å². The van der Waals surface area contributed by atoms with Gasteiger partial charge in [-0.2, -0.15) is 13.2 Å². The number of carbonyl (C=O) groups is 2. The van der Waals surface area contributed by atoms with Crippen molar-refractivity contribution < 1.29 is 33.0 Å². The first-order valence-corrected chi connectivity index (χ1v) is 14.0. The number of hydrogen-bond donors (Lipinski definition) is 2. The van der Waals surface area contributed by atoms with Gasteiger partial charge < -0.3 is 20.0 Å². The van der Waals surface area contributed by atoms with Crippen molar-refractivity contribution in [3.05, 3.63) is 95.3 Å². The van der Waals surface area contributed by atoms with Crippen molar-refractivity contribution in [1.29, 1.82) is 0 Å². The highest BCUT2D eigenvalue weighted by atomic mass is 19.4. The molecule has 4 heterocycles. The number of nitrogens with zero attached hydrogens (tertiary/aromatic N) is 6. The lowest BCUT2D eigenvalue weighted by Gasteiger charge is -2.35. The lowest BCUT2D eigenvalue weighted by atomic mass is 10.0. The smallest absolute Gasteiger partial charge is 0.418 e. The standard InChI is InChI=1S/C28H25F3N6O.C4H4O4/c1-34-10-12-36(13-11-34)24-8-6-20(15-22(24)28(29,30)31)37-26-21-14-18(19-4-3-9-32-16-19)5-7-23(21)33-17-25(26)35(2)27(37)38;5-3(6)1-2-4(7)8/h3-9,14-17H,10-13H2,1-2H3;1-2H,(H,5,6)(H,7,8)/b;2-1-. The molecule has 5 aromatic rings. The zero-order valence-electron chi connectivity index (χ0n) is 24.8. The first-order valence-electron chi connectivity index (χ1n) is 14.0. The van der Waals surface area contributed by atoms with Crippen LogP contribution in [0.25, 0.3) is 38.8 Å². The second-order valence-corrected chi connectivity index (χ2v) is 10.6. The molecule has 46 heavy (non-hydrogen) atoms. The van der Waals surface area contributed by atoms with Gasteiger partial charge in [0, 0.05) is 74.4 Å². The van der Waals surface area contributed by atoms with Crippen LogP contribution in [0.1, 0.15) is 5.56 Å². The molecule has 0 bridgehead atoms. The Morgan fingerprint density at radius 1 is 0.891 bits per heavy atom. The third-order valence-electron chi connectivity index (χ3n) is 7.63. The zero-order chi connectivity index (χ0) is 33.2. The number of aryl methyl sites for hydroxylation is 1. The molecular weight excluding hydrogens is 605 g/mol. The normalized spacial score (nSPS) is 14.1. The predicted octanol–water partition coefficient (Wildman–Crippen LogP) is 4.42. The number of imidazole rings is 1. The fourth-order valence-electron chi connectivity index (χ4n) is 5.31. The number of benzene rings is 2. The molecule has 11 nitrogen and oxygen atoms in total. The zero-order valence-corrected chi connectivity index (χ0v) is 24.8. The van der Waals surface area contributed by atoms with Gasteiger partial charge in [0.05, 0.1) is 34.0 Å². The summed E-state index contributed by atoms with van der Waals surface area (Å²) in [7, 11) is 3.56.